The van der Waals surface area contributed by atoms with Crippen molar-refractivity contribution in [3.8, 4) is 0 Å². The Balaban J connectivity index is 1.48. The quantitative estimate of drug-likeness (QED) is 0.682. The van der Waals surface area contributed by atoms with Gasteiger partial charge in [0.15, 0.2) is 0 Å². The van der Waals surface area contributed by atoms with Crippen molar-refractivity contribution in [3.63, 3.8) is 0 Å². The minimum absolute atomic E-state index is 0.649. The molecule has 6 unspecified atom stereocenters. The van der Waals surface area contributed by atoms with Crippen molar-refractivity contribution in [1.82, 2.24) is 5.32 Å². The molecular formula is C22H31NS. The summed E-state index contributed by atoms with van der Waals surface area (Å²) in [5.74, 6) is 3.13. The first kappa shape index (κ1) is 16.6. The van der Waals surface area contributed by atoms with E-state index < -0.39 is 0 Å². The molecule has 0 amide bonds. The fraction of sp³-hybridized carbons (Fsp3) is 0.636. The highest BCUT2D eigenvalue weighted by atomic mass is 32.2. The van der Waals surface area contributed by atoms with E-state index in [0.29, 0.717) is 22.5 Å². The summed E-state index contributed by atoms with van der Waals surface area (Å²) in [4.78, 5) is 0. The number of thioether (sulfide) groups is 1. The molecule has 0 aromatic carbocycles. The van der Waals surface area contributed by atoms with Gasteiger partial charge in [0.1, 0.15) is 0 Å². The van der Waals surface area contributed by atoms with Crippen molar-refractivity contribution in [2.24, 2.45) is 23.7 Å². The molecular weight excluding hydrogens is 310 g/mol. The summed E-state index contributed by atoms with van der Waals surface area (Å²) in [5.41, 5.74) is 1.54. The third-order valence-electron chi connectivity index (χ3n) is 6.38. The maximum absolute atomic E-state index is 4.02. The Morgan fingerprint density at radius 2 is 2.00 bits per heavy atom. The van der Waals surface area contributed by atoms with Gasteiger partial charge in [-0.1, -0.05) is 56.4 Å². The minimum atomic E-state index is 0.649. The molecule has 6 atom stereocenters. The predicted octanol–water partition coefficient (Wildman–Crippen LogP) is 5.48. The average Bonchev–Trinajstić information content (AvgIpc) is 3.06. The third kappa shape index (κ3) is 3.27. The maximum atomic E-state index is 4.02. The summed E-state index contributed by atoms with van der Waals surface area (Å²) in [7, 11) is 0. The van der Waals surface area contributed by atoms with E-state index in [2.05, 4.69) is 73.5 Å². The van der Waals surface area contributed by atoms with Gasteiger partial charge in [-0.3, -0.25) is 0 Å². The van der Waals surface area contributed by atoms with Crippen molar-refractivity contribution in [2.75, 3.05) is 0 Å². The first-order valence-electron chi connectivity index (χ1n) is 9.84. The van der Waals surface area contributed by atoms with E-state index >= 15 is 0 Å². The monoisotopic (exact) mass is 341 g/mol. The highest BCUT2D eigenvalue weighted by molar-refractivity contribution is 8.01. The van der Waals surface area contributed by atoms with Crippen LogP contribution in [0.15, 0.2) is 48.2 Å². The van der Waals surface area contributed by atoms with Gasteiger partial charge in [-0.2, -0.15) is 0 Å². The van der Waals surface area contributed by atoms with Gasteiger partial charge in [0.2, 0.25) is 0 Å². The van der Waals surface area contributed by atoms with Gasteiger partial charge in [0, 0.05) is 22.2 Å². The Morgan fingerprint density at radius 3 is 2.75 bits per heavy atom. The van der Waals surface area contributed by atoms with Crippen LogP contribution in [0.25, 0.3) is 0 Å². The fourth-order valence-electron chi connectivity index (χ4n) is 5.03. The highest BCUT2D eigenvalue weighted by Gasteiger charge is 2.39. The Hall–Kier alpha value is -0.890. The Labute approximate surface area is 151 Å². The van der Waals surface area contributed by atoms with E-state index in [-0.39, 0.29) is 0 Å². The van der Waals surface area contributed by atoms with Crippen molar-refractivity contribution in [3.05, 3.63) is 48.2 Å². The molecule has 2 aliphatic carbocycles. The van der Waals surface area contributed by atoms with E-state index in [9.17, 15) is 0 Å². The van der Waals surface area contributed by atoms with E-state index in [1.807, 2.05) is 0 Å². The van der Waals surface area contributed by atoms with Crippen molar-refractivity contribution in [1.29, 1.82) is 0 Å². The first-order valence-corrected chi connectivity index (χ1v) is 10.8. The Kier molecular flexibility index (Phi) is 4.94. The van der Waals surface area contributed by atoms with Gasteiger partial charge in [-0.05, 0) is 55.8 Å². The fourth-order valence-corrected chi connectivity index (χ4v) is 6.64. The van der Waals surface area contributed by atoms with Crippen LogP contribution in [-0.2, 0) is 0 Å². The second kappa shape index (κ2) is 7.15. The number of nitrogens with one attached hydrogen (secondary N) is 1. The minimum Gasteiger partial charge on any atom is -0.384 e. The van der Waals surface area contributed by atoms with Crippen LogP contribution in [-0.4, -0.2) is 16.5 Å². The van der Waals surface area contributed by atoms with Gasteiger partial charge in [-0.25, -0.2) is 0 Å². The largest absolute Gasteiger partial charge is 0.384 e. The van der Waals surface area contributed by atoms with Gasteiger partial charge < -0.3 is 5.32 Å². The molecule has 2 aliphatic heterocycles. The zero-order valence-electron chi connectivity index (χ0n) is 15.0. The molecule has 2 heterocycles. The molecule has 0 spiro atoms. The topological polar surface area (TPSA) is 12.0 Å². The molecule has 130 valence electrons. The molecule has 1 fully saturated rings. The molecule has 1 N–H and O–H groups in total. The van der Waals surface area contributed by atoms with Crippen molar-refractivity contribution in [2.45, 2.75) is 62.5 Å². The summed E-state index contributed by atoms with van der Waals surface area (Å²) >= 11 is 2.17. The number of fused-ring (bicyclic) bond motifs is 1. The van der Waals surface area contributed by atoms with Gasteiger partial charge >= 0.3 is 0 Å². The molecule has 0 aromatic heterocycles. The van der Waals surface area contributed by atoms with Gasteiger partial charge in [-0.15, -0.1) is 11.8 Å². The number of allylic oxidation sites excluding steroid dienone is 6. The van der Waals surface area contributed by atoms with E-state index in [1.165, 1.54) is 37.8 Å². The van der Waals surface area contributed by atoms with E-state index in [4.69, 9.17) is 0 Å². The lowest BCUT2D eigenvalue weighted by Crippen LogP contribution is -2.47. The van der Waals surface area contributed by atoms with E-state index in [0.717, 1.165) is 17.8 Å². The molecule has 1 saturated heterocycles. The van der Waals surface area contributed by atoms with Gasteiger partial charge in [0.05, 0.1) is 0 Å². The number of hydrogen-bond donors (Lipinski definition) is 1. The van der Waals surface area contributed by atoms with Crippen LogP contribution in [0.1, 0.15) is 46.0 Å². The molecule has 1 nitrogen and oxygen atoms in total. The van der Waals surface area contributed by atoms with Crippen LogP contribution in [0.4, 0.5) is 0 Å². The van der Waals surface area contributed by atoms with Crippen LogP contribution in [0, 0.1) is 23.7 Å². The Morgan fingerprint density at radius 1 is 1.12 bits per heavy atom. The molecule has 0 bridgehead atoms. The Bertz CT molecular complexity index is 551. The second-order valence-electron chi connectivity index (χ2n) is 8.28. The predicted molar refractivity (Wildman–Crippen MR) is 106 cm³/mol. The maximum Gasteiger partial charge on any atom is 0.0453 e. The SMILES string of the molecule is CC(C)C1NC(C2CC3C=CC=CC3S2)=CCC1C1CC=CCC1. The summed E-state index contributed by atoms with van der Waals surface area (Å²) < 4.78 is 0. The lowest BCUT2D eigenvalue weighted by atomic mass is 9.72. The lowest BCUT2D eigenvalue weighted by Gasteiger charge is -2.42. The van der Waals surface area contributed by atoms with Crippen LogP contribution in [0.3, 0.4) is 0 Å². The first-order chi connectivity index (χ1) is 11.7. The zero-order valence-corrected chi connectivity index (χ0v) is 15.8. The smallest absolute Gasteiger partial charge is 0.0453 e. The summed E-state index contributed by atoms with van der Waals surface area (Å²) in [6, 6.07) is 0.649. The lowest BCUT2D eigenvalue weighted by molar-refractivity contribution is 0.192. The molecule has 0 saturated carbocycles. The van der Waals surface area contributed by atoms with Crippen LogP contribution in [0.5, 0.6) is 0 Å². The van der Waals surface area contributed by atoms with Crippen LogP contribution in [0.2, 0.25) is 0 Å². The molecule has 4 aliphatic rings. The summed E-state index contributed by atoms with van der Waals surface area (Å²) in [6.45, 7) is 4.80. The summed E-state index contributed by atoms with van der Waals surface area (Å²) in [6.07, 6.45) is 23.2. The molecule has 24 heavy (non-hydrogen) atoms. The van der Waals surface area contributed by atoms with Crippen molar-refractivity contribution >= 4 is 11.8 Å². The number of hydrogen-bond acceptors (Lipinski definition) is 2. The normalized spacial score (nSPS) is 41.2. The molecule has 0 aromatic rings. The molecule has 0 radical (unpaired) electrons. The van der Waals surface area contributed by atoms with Gasteiger partial charge in [0.25, 0.3) is 0 Å². The zero-order chi connectivity index (χ0) is 16.5. The highest BCUT2D eigenvalue weighted by Crippen LogP contribution is 2.46. The number of rotatable bonds is 3. The van der Waals surface area contributed by atoms with Crippen molar-refractivity contribution < 1.29 is 0 Å². The van der Waals surface area contributed by atoms with Crippen LogP contribution >= 0.6 is 11.8 Å². The summed E-state index contributed by atoms with van der Waals surface area (Å²) in [5, 5.41) is 5.38. The average molecular weight is 342 g/mol. The second-order valence-corrected chi connectivity index (χ2v) is 9.66. The third-order valence-corrected chi connectivity index (χ3v) is 7.98. The standard InChI is InChI=1S/C22H31NS/c1-15(2)22-18(16-8-4-3-5-9-16)12-13-19(23-22)21-14-17-10-6-7-11-20(17)24-21/h3-4,6-7,10-11,13,15-18,20-23H,5,8-9,12,14H2,1-2H3. The molecule has 2 heteroatoms. The van der Waals surface area contributed by atoms with Crippen LogP contribution < -0.4 is 5.32 Å². The molecule has 4 rings (SSSR count). The van der Waals surface area contributed by atoms with E-state index in [1.54, 1.807) is 0 Å².